The van der Waals surface area contributed by atoms with Crippen LogP contribution in [0.2, 0.25) is 0 Å². The van der Waals surface area contributed by atoms with Crippen LogP contribution in [0.1, 0.15) is 36.3 Å². The molecular formula is C26H30N4O3. The molecule has 7 nitrogen and oxygen atoms in total. The van der Waals surface area contributed by atoms with Gasteiger partial charge in [0, 0.05) is 31.5 Å². The van der Waals surface area contributed by atoms with E-state index in [9.17, 15) is 9.59 Å². The van der Waals surface area contributed by atoms with Gasteiger partial charge >= 0.3 is 0 Å². The second-order valence-electron chi connectivity index (χ2n) is 8.44. The monoisotopic (exact) mass is 446 g/mol. The lowest BCUT2D eigenvalue weighted by molar-refractivity contribution is -0.126. The van der Waals surface area contributed by atoms with Gasteiger partial charge in [0.1, 0.15) is 11.2 Å². The number of hydrogen-bond acceptors (Lipinski definition) is 4. The number of hydrogen-bond donors (Lipinski definition) is 1. The smallest absolute Gasteiger partial charge is 0.277 e. The number of aromatic nitrogens is 2. The first-order chi connectivity index (χ1) is 16.0. The van der Waals surface area contributed by atoms with Crippen molar-refractivity contribution in [3.05, 3.63) is 71.9 Å². The van der Waals surface area contributed by atoms with E-state index in [4.69, 9.17) is 9.84 Å². The van der Waals surface area contributed by atoms with Gasteiger partial charge in [0.25, 0.3) is 5.91 Å². The summed E-state index contributed by atoms with van der Waals surface area (Å²) in [4.78, 5) is 29.1. The van der Waals surface area contributed by atoms with Gasteiger partial charge in [-0.3, -0.25) is 19.2 Å². The van der Waals surface area contributed by atoms with Crippen LogP contribution in [0.4, 0.5) is 5.69 Å². The molecule has 33 heavy (non-hydrogen) atoms. The average Bonchev–Trinajstić information content (AvgIpc) is 3.26. The Kier molecular flexibility index (Phi) is 6.60. The molecule has 172 valence electrons. The van der Waals surface area contributed by atoms with Crippen molar-refractivity contribution in [2.75, 3.05) is 25.2 Å². The number of amides is 2. The number of nitrogens with zero attached hydrogens (tertiary/aromatic N) is 3. The number of benzene rings is 2. The fourth-order valence-corrected chi connectivity index (χ4v) is 4.35. The second kappa shape index (κ2) is 9.58. The first-order valence-electron chi connectivity index (χ1n) is 11.3. The van der Waals surface area contributed by atoms with Crippen LogP contribution in [0.5, 0.6) is 0 Å². The molecule has 0 unspecified atom stereocenters. The van der Waals surface area contributed by atoms with E-state index < -0.39 is 5.54 Å². The Labute approximate surface area is 194 Å². The van der Waals surface area contributed by atoms with Gasteiger partial charge in [-0.1, -0.05) is 55.5 Å². The molecule has 1 N–H and O–H groups in total. The lowest BCUT2D eigenvalue weighted by Gasteiger charge is -2.43. The van der Waals surface area contributed by atoms with Gasteiger partial charge in [0.2, 0.25) is 5.91 Å². The van der Waals surface area contributed by atoms with Crippen molar-refractivity contribution >= 4 is 17.5 Å². The van der Waals surface area contributed by atoms with Gasteiger partial charge in [0.05, 0.1) is 12.2 Å². The molecule has 2 amide bonds. The van der Waals surface area contributed by atoms with Crippen LogP contribution < -0.4 is 10.2 Å². The van der Waals surface area contributed by atoms with Crippen molar-refractivity contribution in [1.82, 2.24) is 15.1 Å². The molecule has 1 aliphatic heterocycles. The number of para-hydroxylation sites is 1. The van der Waals surface area contributed by atoms with Crippen LogP contribution >= 0.6 is 0 Å². The molecule has 7 heteroatoms. The molecule has 0 fully saturated rings. The summed E-state index contributed by atoms with van der Waals surface area (Å²) in [5.74, 6) is -0.438. The van der Waals surface area contributed by atoms with Crippen molar-refractivity contribution in [3.8, 4) is 11.3 Å². The number of fused-ring (bicyclic) bond motifs is 1. The number of carbonyl (C=O) groups is 2. The Morgan fingerprint density at radius 2 is 1.88 bits per heavy atom. The normalized spacial score (nSPS) is 17.7. The summed E-state index contributed by atoms with van der Waals surface area (Å²) < 4.78 is 6.76. The maximum Gasteiger partial charge on any atom is 0.277 e. The van der Waals surface area contributed by atoms with Crippen molar-refractivity contribution in [3.63, 3.8) is 0 Å². The molecule has 0 spiro atoms. The Bertz CT molecular complexity index is 1140. The molecule has 0 bridgehead atoms. The number of methoxy groups -OCH3 is 1. The highest BCUT2D eigenvalue weighted by molar-refractivity contribution is 6.12. The molecule has 4 rings (SSSR count). The third-order valence-electron chi connectivity index (χ3n) is 6.14. The minimum absolute atomic E-state index is 0.208. The quantitative estimate of drug-likeness (QED) is 0.536. The summed E-state index contributed by atoms with van der Waals surface area (Å²) in [6.07, 6.45) is 1.45. The predicted octanol–water partition coefficient (Wildman–Crippen LogP) is 3.68. The first-order valence-corrected chi connectivity index (χ1v) is 11.3. The summed E-state index contributed by atoms with van der Waals surface area (Å²) in [6.45, 7) is 5.15. The van der Waals surface area contributed by atoms with Gasteiger partial charge in [-0.15, -0.1) is 0 Å². The Balaban J connectivity index is 1.78. The molecular weight excluding hydrogens is 416 g/mol. The minimum Gasteiger partial charge on any atom is -0.385 e. The number of anilines is 1. The maximum atomic E-state index is 13.9. The Morgan fingerprint density at radius 1 is 1.15 bits per heavy atom. The van der Waals surface area contributed by atoms with Crippen molar-refractivity contribution < 1.29 is 14.3 Å². The van der Waals surface area contributed by atoms with Gasteiger partial charge < -0.3 is 10.1 Å². The van der Waals surface area contributed by atoms with Crippen LogP contribution in [0.25, 0.3) is 11.3 Å². The van der Waals surface area contributed by atoms with E-state index in [2.05, 4.69) is 5.32 Å². The number of carbonyl (C=O) groups excluding carboxylic acids is 2. The first kappa shape index (κ1) is 22.7. The van der Waals surface area contributed by atoms with Crippen LogP contribution in [0.3, 0.4) is 0 Å². The van der Waals surface area contributed by atoms with Gasteiger partial charge in [-0.25, -0.2) is 0 Å². The minimum atomic E-state index is -1.14. The maximum absolute atomic E-state index is 13.9. The molecule has 0 aliphatic carbocycles. The van der Waals surface area contributed by atoms with Gasteiger partial charge in [-0.05, 0) is 37.5 Å². The zero-order valence-electron chi connectivity index (χ0n) is 19.4. The Morgan fingerprint density at radius 3 is 2.61 bits per heavy atom. The standard InChI is InChI=1S/C26H30N4O3/c1-4-19-11-8-9-14-22(19)30-24(31)23-17-21(20-12-6-5-7-13-20)28-29(23)18-26(30,2)25(32)27-15-10-16-33-3/h5-9,11-14,17H,4,10,15-16,18H2,1-3H3,(H,27,32)/t26-/m1/s1. The second-order valence-corrected chi connectivity index (χ2v) is 8.44. The predicted molar refractivity (Wildman–Crippen MR) is 128 cm³/mol. The molecule has 2 heterocycles. The van der Waals surface area contributed by atoms with Crippen LogP contribution in [0, 0.1) is 0 Å². The lowest BCUT2D eigenvalue weighted by atomic mass is 9.92. The van der Waals surface area contributed by atoms with E-state index >= 15 is 0 Å². The molecule has 0 saturated carbocycles. The van der Waals surface area contributed by atoms with Crippen molar-refractivity contribution in [2.45, 2.75) is 38.8 Å². The van der Waals surface area contributed by atoms with Crippen molar-refractivity contribution in [2.24, 2.45) is 0 Å². The van der Waals surface area contributed by atoms with E-state index in [1.807, 2.05) is 74.5 Å². The van der Waals surface area contributed by atoms with Crippen LogP contribution in [-0.4, -0.2) is 47.4 Å². The topological polar surface area (TPSA) is 76.5 Å². The molecule has 1 aliphatic rings. The van der Waals surface area contributed by atoms with E-state index in [-0.39, 0.29) is 18.4 Å². The molecule has 0 saturated heterocycles. The number of rotatable bonds is 8. The van der Waals surface area contributed by atoms with Crippen LogP contribution in [-0.2, 0) is 22.5 Å². The number of ether oxygens (including phenoxy) is 1. The van der Waals surface area contributed by atoms with Crippen molar-refractivity contribution in [1.29, 1.82) is 0 Å². The number of nitrogens with one attached hydrogen (secondary N) is 1. The fraction of sp³-hybridized carbons (Fsp3) is 0.346. The van der Waals surface area contributed by atoms with E-state index in [1.165, 1.54) is 0 Å². The third-order valence-corrected chi connectivity index (χ3v) is 6.14. The third kappa shape index (κ3) is 4.28. The highest BCUT2D eigenvalue weighted by atomic mass is 16.5. The number of aryl methyl sites for hydroxylation is 1. The van der Waals surface area contributed by atoms with E-state index in [0.29, 0.717) is 31.0 Å². The lowest BCUT2D eigenvalue weighted by Crippen LogP contribution is -2.64. The van der Waals surface area contributed by atoms with E-state index in [1.54, 1.807) is 16.7 Å². The SMILES string of the molecule is CCc1ccccc1N1C(=O)c2cc(-c3ccccc3)nn2C[C@]1(C)C(=O)NCCCOC. The van der Waals surface area contributed by atoms with E-state index in [0.717, 1.165) is 23.2 Å². The van der Waals surface area contributed by atoms with Crippen LogP contribution in [0.15, 0.2) is 60.7 Å². The zero-order chi connectivity index (χ0) is 23.4. The highest BCUT2D eigenvalue weighted by Gasteiger charge is 2.49. The average molecular weight is 447 g/mol. The molecule has 2 aromatic carbocycles. The molecule has 1 atom stereocenters. The van der Waals surface area contributed by atoms with Gasteiger partial charge in [-0.2, -0.15) is 5.10 Å². The molecule has 1 aromatic heterocycles. The summed E-state index contributed by atoms with van der Waals surface area (Å²) in [6, 6.07) is 19.3. The Hall–Kier alpha value is -3.45. The molecule has 3 aromatic rings. The fourth-order valence-electron chi connectivity index (χ4n) is 4.35. The zero-order valence-corrected chi connectivity index (χ0v) is 19.4. The summed E-state index contributed by atoms with van der Waals surface area (Å²) in [7, 11) is 1.63. The largest absolute Gasteiger partial charge is 0.385 e. The summed E-state index contributed by atoms with van der Waals surface area (Å²) >= 11 is 0. The summed E-state index contributed by atoms with van der Waals surface area (Å²) in [5, 5.41) is 7.70. The molecule has 0 radical (unpaired) electrons. The van der Waals surface area contributed by atoms with Gasteiger partial charge in [0.15, 0.2) is 0 Å². The highest BCUT2D eigenvalue weighted by Crippen LogP contribution is 2.36. The summed E-state index contributed by atoms with van der Waals surface area (Å²) in [5.41, 5.74) is 2.76.